The van der Waals surface area contributed by atoms with Crippen molar-refractivity contribution in [2.24, 2.45) is 0 Å². The van der Waals surface area contributed by atoms with Gasteiger partial charge in [-0.2, -0.15) is 0 Å². The van der Waals surface area contributed by atoms with Crippen LogP contribution in [0.3, 0.4) is 0 Å². The highest BCUT2D eigenvalue weighted by molar-refractivity contribution is 5.85. The number of aliphatic hydroxyl groups is 1. The van der Waals surface area contributed by atoms with Crippen molar-refractivity contribution in [3.63, 3.8) is 0 Å². The van der Waals surface area contributed by atoms with Crippen molar-refractivity contribution in [1.82, 2.24) is 4.90 Å². The number of likely N-dealkylation sites (N-methyl/N-ethyl adjacent to an activating group) is 1. The molecule has 0 amide bonds. The second-order valence-corrected chi connectivity index (χ2v) is 3.99. The largest absolute Gasteiger partial charge is 0.393 e. The Bertz CT molecular complexity index is 180. The van der Waals surface area contributed by atoms with Crippen molar-refractivity contribution in [2.75, 3.05) is 13.6 Å². The molecular formula is C10H19NO2. The van der Waals surface area contributed by atoms with Gasteiger partial charge in [0.15, 0.2) is 0 Å². The monoisotopic (exact) mass is 185 g/mol. The Morgan fingerprint density at radius 1 is 1.69 bits per heavy atom. The first-order chi connectivity index (χ1) is 6.11. The van der Waals surface area contributed by atoms with Gasteiger partial charge in [0.2, 0.25) is 0 Å². The molecule has 0 heterocycles. The van der Waals surface area contributed by atoms with Crippen LogP contribution in [0.2, 0.25) is 0 Å². The predicted molar refractivity (Wildman–Crippen MR) is 51.6 cm³/mol. The molecule has 76 valence electrons. The van der Waals surface area contributed by atoms with Crippen LogP contribution in [0.1, 0.15) is 32.6 Å². The zero-order valence-electron chi connectivity index (χ0n) is 8.49. The lowest BCUT2D eigenvalue weighted by molar-refractivity contribution is -0.121. The molecule has 0 aromatic heterocycles. The van der Waals surface area contributed by atoms with Crippen LogP contribution in [-0.4, -0.2) is 41.5 Å². The minimum atomic E-state index is -0.265. The smallest absolute Gasteiger partial charge is 0.149 e. The van der Waals surface area contributed by atoms with Gasteiger partial charge in [0.05, 0.1) is 12.1 Å². The Kier molecular flexibility index (Phi) is 3.88. The fourth-order valence-electron chi connectivity index (χ4n) is 1.81. The van der Waals surface area contributed by atoms with Crippen LogP contribution < -0.4 is 0 Å². The highest BCUT2D eigenvalue weighted by atomic mass is 16.3. The molecule has 3 nitrogen and oxygen atoms in total. The third-order valence-electron chi connectivity index (χ3n) is 2.70. The number of hydrogen-bond acceptors (Lipinski definition) is 3. The molecule has 1 saturated carbocycles. The Labute approximate surface area is 79.7 Å². The minimum Gasteiger partial charge on any atom is -0.393 e. The molecule has 1 aliphatic rings. The van der Waals surface area contributed by atoms with Crippen molar-refractivity contribution in [3.8, 4) is 0 Å². The minimum absolute atomic E-state index is 0.124. The quantitative estimate of drug-likeness (QED) is 0.704. The van der Waals surface area contributed by atoms with Crippen LogP contribution in [-0.2, 0) is 4.79 Å². The van der Waals surface area contributed by atoms with E-state index >= 15 is 0 Å². The van der Waals surface area contributed by atoms with Crippen LogP contribution in [0, 0.1) is 0 Å². The first kappa shape index (κ1) is 10.7. The molecule has 2 unspecified atom stereocenters. The molecule has 1 N–H and O–H groups in total. The van der Waals surface area contributed by atoms with Crippen molar-refractivity contribution in [2.45, 2.75) is 44.8 Å². The molecule has 0 bridgehead atoms. The van der Waals surface area contributed by atoms with E-state index in [4.69, 9.17) is 5.11 Å². The summed E-state index contributed by atoms with van der Waals surface area (Å²) in [4.78, 5) is 13.4. The normalized spacial score (nSPS) is 25.5. The van der Waals surface area contributed by atoms with Gasteiger partial charge in [-0.05, 0) is 33.2 Å². The van der Waals surface area contributed by atoms with Crippen molar-refractivity contribution < 1.29 is 9.90 Å². The number of aliphatic hydroxyl groups excluding tert-OH is 1. The van der Waals surface area contributed by atoms with E-state index in [1.54, 1.807) is 6.92 Å². The molecule has 1 fully saturated rings. The molecule has 0 aromatic rings. The van der Waals surface area contributed by atoms with E-state index in [1.165, 1.54) is 0 Å². The van der Waals surface area contributed by atoms with Crippen molar-refractivity contribution >= 4 is 5.78 Å². The summed E-state index contributed by atoms with van der Waals surface area (Å²) in [6, 6.07) is 0.124. The van der Waals surface area contributed by atoms with E-state index in [0.717, 1.165) is 32.2 Å². The number of carbonyl (C=O) groups is 1. The first-order valence-electron chi connectivity index (χ1n) is 5.02. The maximum atomic E-state index is 11.4. The summed E-state index contributed by atoms with van der Waals surface area (Å²) in [5.41, 5.74) is 0. The summed E-state index contributed by atoms with van der Waals surface area (Å²) in [7, 11) is 1.97. The van der Waals surface area contributed by atoms with Crippen LogP contribution >= 0.6 is 0 Å². The topological polar surface area (TPSA) is 40.5 Å². The molecule has 0 spiro atoms. The lowest BCUT2D eigenvalue weighted by atomic mass is 10.2. The summed E-state index contributed by atoms with van der Waals surface area (Å²) >= 11 is 0. The first-order valence-corrected chi connectivity index (χ1v) is 5.02. The van der Waals surface area contributed by atoms with E-state index in [9.17, 15) is 4.79 Å². The van der Waals surface area contributed by atoms with Gasteiger partial charge in [-0.25, -0.2) is 0 Å². The molecule has 0 saturated heterocycles. The number of carbonyl (C=O) groups excluding carboxylic acids is 1. The number of hydrogen-bond donors (Lipinski definition) is 1. The summed E-state index contributed by atoms with van der Waals surface area (Å²) in [5.74, 6) is 0.369. The Morgan fingerprint density at radius 2 is 2.38 bits per heavy atom. The molecule has 3 heteroatoms. The maximum absolute atomic E-state index is 11.4. The molecule has 0 aromatic carbocycles. The van der Waals surface area contributed by atoms with Crippen LogP contribution in [0.4, 0.5) is 0 Å². The maximum Gasteiger partial charge on any atom is 0.149 e. The van der Waals surface area contributed by atoms with Gasteiger partial charge in [-0.15, -0.1) is 0 Å². The molecule has 2 atom stereocenters. The second-order valence-electron chi connectivity index (χ2n) is 3.99. The van der Waals surface area contributed by atoms with E-state index in [2.05, 4.69) is 4.90 Å². The fraction of sp³-hybridized carbons (Fsp3) is 0.900. The number of ketones is 1. The third-order valence-corrected chi connectivity index (χ3v) is 2.70. The summed E-state index contributed by atoms with van der Waals surface area (Å²) in [6.45, 7) is 2.60. The third kappa shape index (κ3) is 3.08. The predicted octanol–water partition coefficient (Wildman–Crippen LogP) is 0.811. The molecule has 13 heavy (non-hydrogen) atoms. The Balaban J connectivity index is 2.30. The molecule has 0 aliphatic heterocycles. The van der Waals surface area contributed by atoms with Gasteiger partial charge >= 0.3 is 0 Å². The second kappa shape index (κ2) is 4.72. The van der Waals surface area contributed by atoms with Gasteiger partial charge in [-0.1, -0.05) is 0 Å². The van der Waals surface area contributed by atoms with E-state index in [1.807, 2.05) is 7.05 Å². The van der Waals surface area contributed by atoms with Crippen molar-refractivity contribution in [3.05, 3.63) is 0 Å². The van der Waals surface area contributed by atoms with Gasteiger partial charge in [0.1, 0.15) is 5.78 Å². The lowest BCUT2D eigenvalue weighted by Gasteiger charge is -2.23. The average Bonchev–Trinajstić information content (AvgIpc) is 2.47. The highest BCUT2D eigenvalue weighted by Crippen LogP contribution is 2.19. The summed E-state index contributed by atoms with van der Waals surface area (Å²) in [6.07, 6.45) is 3.25. The standard InChI is InChI=1S/C10H19NO2/c1-8(12)6-7-11(2)9-4-3-5-10(9)13/h8-9,12H,3-7H2,1-2H3. The zero-order valence-corrected chi connectivity index (χ0v) is 8.49. The van der Waals surface area contributed by atoms with Gasteiger partial charge in [0, 0.05) is 13.0 Å². The van der Waals surface area contributed by atoms with Gasteiger partial charge in [-0.3, -0.25) is 9.69 Å². The highest BCUT2D eigenvalue weighted by Gasteiger charge is 2.27. The summed E-state index contributed by atoms with van der Waals surface area (Å²) < 4.78 is 0. The van der Waals surface area contributed by atoms with E-state index < -0.39 is 0 Å². The van der Waals surface area contributed by atoms with Crippen LogP contribution in [0.15, 0.2) is 0 Å². The van der Waals surface area contributed by atoms with Crippen LogP contribution in [0.25, 0.3) is 0 Å². The zero-order chi connectivity index (χ0) is 9.84. The van der Waals surface area contributed by atoms with E-state index in [0.29, 0.717) is 5.78 Å². The SMILES string of the molecule is CC(O)CCN(C)C1CCCC1=O. The Morgan fingerprint density at radius 3 is 2.85 bits per heavy atom. The molecule has 0 radical (unpaired) electrons. The Hall–Kier alpha value is -0.410. The number of rotatable bonds is 4. The van der Waals surface area contributed by atoms with Gasteiger partial charge in [0.25, 0.3) is 0 Å². The number of nitrogens with zero attached hydrogens (tertiary/aromatic N) is 1. The fourth-order valence-corrected chi connectivity index (χ4v) is 1.81. The lowest BCUT2D eigenvalue weighted by Crippen LogP contribution is -2.36. The van der Waals surface area contributed by atoms with Crippen molar-refractivity contribution in [1.29, 1.82) is 0 Å². The molecule has 1 rings (SSSR count). The number of Topliss-reactive ketones (excluding diaryl/α,β-unsaturated/α-hetero) is 1. The van der Waals surface area contributed by atoms with Crippen LogP contribution in [0.5, 0.6) is 0 Å². The molecular weight excluding hydrogens is 166 g/mol. The summed E-state index contributed by atoms with van der Waals surface area (Å²) in [5, 5.41) is 9.10. The van der Waals surface area contributed by atoms with Gasteiger partial charge < -0.3 is 5.11 Å². The molecule has 1 aliphatic carbocycles. The average molecular weight is 185 g/mol. The van der Waals surface area contributed by atoms with E-state index in [-0.39, 0.29) is 12.1 Å².